The SMILES string of the molecule is OCCC=Cc1cc(Cl)cc(F)c1O. The van der Waals surface area contributed by atoms with Crippen LogP contribution in [0.1, 0.15) is 12.0 Å². The number of phenolic OH excluding ortho intramolecular Hbond substituents is 1. The zero-order valence-electron chi connectivity index (χ0n) is 7.37. The van der Waals surface area contributed by atoms with Crippen LogP contribution in [0.15, 0.2) is 18.2 Å². The molecular formula is C10H10ClFO2. The lowest BCUT2D eigenvalue weighted by Gasteiger charge is -2.01. The number of hydrogen-bond acceptors (Lipinski definition) is 2. The molecule has 1 aromatic rings. The second-order valence-electron chi connectivity index (χ2n) is 2.74. The summed E-state index contributed by atoms with van der Waals surface area (Å²) in [7, 11) is 0. The third-order valence-electron chi connectivity index (χ3n) is 1.65. The number of rotatable bonds is 3. The zero-order valence-corrected chi connectivity index (χ0v) is 8.13. The Morgan fingerprint density at radius 1 is 1.43 bits per heavy atom. The van der Waals surface area contributed by atoms with Crippen molar-refractivity contribution < 1.29 is 14.6 Å². The predicted molar refractivity (Wildman–Crippen MR) is 53.8 cm³/mol. The summed E-state index contributed by atoms with van der Waals surface area (Å²) in [4.78, 5) is 0. The molecule has 0 aliphatic carbocycles. The number of hydrogen-bond donors (Lipinski definition) is 2. The van der Waals surface area contributed by atoms with Crippen LogP contribution in [0.5, 0.6) is 5.75 Å². The number of aliphatic hydroxyl groups excluding tert-OH is 1. The summed E-state index contributed by atoms with van der Waals surface area (Å²) >= 11 is 5.60. The Hall–Kier alpha value is -1.06. The fourth-order valence-electron chi connectivity index (χ4n) is 0.998. The first kappa shape index (κ1) is 11.0. The number of aromatic hydroxyl groups is 1. The standard InChI is InChI=1S/C10H10ClFO2/c11-8-5-7(3-1-2-4-13)10(14)9(12)6-8/h1,3,5-6,13-14H,2,4H2. The van der Waals surface area contributed by atoms with Gasteiger partial charge >= 0.3 is 0 Å². The molecule has 14 heavy (non-hydrogen) atoms. The Kier molecular flexibility index (Phi) is 3.92. The van der Waals surface area contributed by atoms with Gasteiger partial charge in [0.2, 0.25) is 0 Å². The van der Waals surface area contributed by atoms with Crippen molar-refractivity contribution in [1.82, 2.24) is 0 Å². The third-order valence-corrected chi connectivity index (χ3v) is 1.87. The lowest BCUT2D eigenvalue weighted by molar-refractivity contribution is 0.303. The summed E-state index contributed by atoms with van der Waals surface area (Å²) in [5.74, 6) is -1.18. The molecule has 1 rings (SSSR count). The molecule has 4 heteroatoms. The van der Waals surface area contributed by atoms with Gasteiger partial charge in [-0.1, -0.05) is 23.8 Å². The highest BCUT2D eigenvalue weighted by Crippen LogP contribution is 2.26. The maximum Gasteiger partial charge on any atom is 0.166 e. The Morgan fingerprint density at radius 2 is 2.14 bits per heavy atom. The van der Waals surface area contributed by atoms with Crippen LogP contribution in [0.4, 0.5) is 4.39 Å². The van der Waals surface area contributed by atoms with Crippen LogP contribution in [-0.4, -0.2) is 16.8 Å². The van der Waals surface area contributed by atoms with Gasteiger partial charge in [0.05, 0.1) is 0 Å². The molecule has 0 amide bonds. The molecule has 0 unspecified atom stereocenters. The summed E-state index contributed by atoms with van der Waals surface area (Å²) < 4.78 is 12.9. The van der Waals surface area contributed by atoms with E-state index in [2.05, 4.69) is 0 Å². The Labute approximate surface area is 86.3 Å². The normalized spacial score (nSPS) is 11.1. The number of halogens is 2. The molecule has 1 aromatic carbocycles. The van der Waals surface area contributed by atoms with Gasteiger partial charge in [-0.15, -0.1) is 0 Å². The smallest absolute Gasteiger partial charge is 0.166 e. The molecule has 0 aliphatic heterocycles. The summed E-state index contributed by atoms with van der Waals surface area (Å²) in [5, 5.41) is 18.0. The summed E-state index contributed by atoms with van der Waals surface area (Å²) in [6.07, 6.45) is 3.60. The van der Waals surface area contributed by atoms with Gasteiger partial charge in [-0.05, 0) is 18.6 Å². The monoisotopic (exact) mass is 216 g/mol. The van der Waals surface area contributed by atoms with Crippen molar-refractivity contribution in [3.8, 4) is 5.75 Å². The van der Waals surface area contributed by atoms with E-state index in [1.807, 2.05) is 0 Å². The lowest BCUT2D eigenvalue weighted by atomic mass is 10.1. The van der Waals surface area contributed by atoms with E-state index >= 15 is 0 Å². The molecule has 0 atom stereocenters. The molecule has 2 nitrogen and oxygen atoms in total. The second-order valence-corrected chi connectivity index (χ2v) is 3.18. The quantitative estimate of drug-likeness (QED) is 0.815. The molecule has 0 aromatic heterocycles. The average Bonchev–Trinajstić information content (AvgIpc) is 2.13. The van der Waals surface area contributed by atoms with Crippen molar-refractivity contribution in [3.05, 3.63) is 34.6 Å². The molecule has 0 bridgehead atoms. The van der Waals surface area contributed by atoms with Crippen LogP contribution in [0.25, 0.3) is 6.08 Å². The molecule has 0 saturated heterocycles. The Balaban J connectivity index is 2.96. The van der Waals surface area contributed by atoms with Crippen molar-refractivity contribution in [2.45, 2.75) is 6.42 Å². The minimum Gasteiger partial charge on any atom is -0.504 e. The van der Waals surface area contributed by atoms with E-state index in [0.717, 1.165) is 6.07 Å². The molecule has 0 heterocycles. The number of phenols is 1. The highest BCUT2D eigenvalue weighted by atomic mass is 35.5. The van der Waals surface area contributed by atoms with Gasteiger partial charge in [0, 0.05) is 17.2 Å². The van der Waals surface area contributed by atoms with Crippen molar-refractivity contribution in [1.29, 1.82) is 0 Å². The predicted octanol–water partition coefficient (Wildman–Crippen LogP) is 2.58. The van der Waals surface area contributed by atoms with Crippen LogP contribution in [0, 0.1) is 5.82 Å². The lowest BCUT2D eigenvalue weighted by Crippen LogP contribution is -1.82. The maximum atomic E-state index is 12.9. The third kappa shape index (κ3) is 2.72. The largest absolute Gasteiger partial charge is 0.504 e. The maximum absolute atomic E-state index is 12.9. The fourth-order valence-corrected chi connectivity index (χ4v) is 1.21. The van der Waals surface area contributed by atoms with Crippen LogP contribution in [0.3, 0.4) is 0 Å². The summed E-state index contributed by atoms with van der Waals surface area (Å²) in [6, 6.07) is 2.49. The second kappa shape index (κ2) is 4.98. The van der Waals surface area contributed by atoms with Gasteiger partial charge in [-0.3, -0.25) is 0 Å². The van der Waals surface area contributed by atoms with E-state index in [1.165, 1.54) is 12.1 Å². The Bertz CT molecular complexity index is 350. The van der Waals surface area contributed by atoms with Gasteiger partial charge in [0.1, 0.15) is 0 Å². The van der Waals surface area contributed by atoms with Gasteiger partial charge in [0.25, 0.3) is 0 Å². The van der Waals surface area contributed by atoms with E-state index in [9.17, 15) is 9.50 Å². The zero-order chi connectivity index (χ0) is 10.6. The Morgan fingerprint density at radius 3 is 2.79 bits per heavy atom. The van der Waals surface area contributed by atoms with Crippen LogP contribution < -0.4 is 0 Å². The van der Waals surface area contributed by atoms with Crippen molar-refractivity contribution in [2.24, 2.45) is 0 Å². The molecule has 0 fully saturated rings. The van der Waals surface area contributed by atoms with E-state index < -0.39 is 11.6 Å². The van der Waals surface area contributed by atoms with Crippen molar-refractivity contribution in [2.75, 3.05) is 6.61 Å². The average molecular weight is 217 g/mol. The topological polar surface area (TPSA) is 40.5 Å². The first-order chi connectivity index (χ1) is 6.65. The molecule has 0 spiro atoms. The van der Waals surface area contributed by atoms with Gasteiger partial charge in [-0.25, -0.2) is 4.39 Å². The molecule has 0 aliphatic rings. The summed E-state index contributed by atoms with van der Waals surface area (Å²) in [5.41, 5.74) is 0.309. The molecule has 2 N–H and O–H groups in total. The van der Waals surface area contributed by atoms with E-state index in [-0.39, 0.29) is 11.6 Å². The van der Waals surface area contributed by atoms with Crippen molar-refractivity contribution in [3.63, 3.8) is 0 Å². The van der Waals surface area contributed by atoms with Gasteiger partial charge < -0.3 is 10.2 Å². The first-order valence-corrected chi connectivity index (χ1v) is 4.48. The van der Waals surface area contributed by atoms with E-state index in [1.54, 1.807) is 6.08 Å². The molecule has 0 radical (unpaired) electrons. The molecule has 76 valence electrons. The summed E-state index contributed by atoms with van der Waals surface area (Å²) in [6.45, 7) is 0.0142. The van der Waals surface area contributed by atoms with Gasteiger partial charge in [-0.2, -0.15) is 0 Å². The highest BCUT2D eigenvalue weighted by molar-refractivity contribution is 6.30. The number of benzene rings is 1. The minimum absolute atomic E-state index is 0.0142. The van der Waals surface area contributed by atoms with Gasteiger partial charge in [0.15, 0.2) is 11.6 Å². The van der Waals surface area contributed by atoms with E-state index in [4.69, 9.17) is 16.7 Å². The minimum atomic E-state index is -0.749. The molecular weight excluding hydrogens is 207 g/mol. The van der Waals surface area contributed by atoms with Crippen LogP contribution in [0.2, 0.25) is 5.02 Å². The highest BCUT2D eigenvalue weighted by Gasteiger charge is 2.06. The van der Waals surface area contributed by atoms with Crippen LogP contribution >= 0.6 is 11.6 Å². The van der Waals surface area contributed by atoms with Crippen molar-refractivity contribution >= 4 is 17.7 Å². The van der Waals surface area contributed by atoms with E-state index in [0.29, 0.717) is 12.0 Å². The number of aliphatic hydroxyl groups is 1. The molecule has 0 saturated carbocycles. The van der Waals surface area contributed by atoms with Crippen LogP contribution in [-0.2, 0) is 0 Å². The fraction of sp³-hybridized carbons (Fsp3) is 0.200. The first-order valence-electron chi connectivity index (χ1n) is 4.10.